The molecule has 1 saturated heterocycles. The van der Waals surface area contributed by atoms with E-state index >= 15 is 0 Å². The van der Waals surface area contributed by atoms with E-state index in [-0.39, 0.29) is 17.7 Å². The predicted molar refractivity (Wildman–Crippen MR) is 78.7 cm³/mol. The van der Waals surface area contributed by atoms with E-state index in [1.165, 1.54) is 12.8 Å². The molecule has 1 saturated carbocycles. The summed E-state index contributed by atoms with van der Waals surface area (Å²) in [6.45, 7) is 2.58. The zero-order valence-corrected chi connectivity index (χ0v) is 12.4. The number of carbonyl (C=O) groups is 2. The second-order valence-corrected chi connectivity index (χ2v) is 6.00. The van der Waals surface area contributed by atoms with Gasteiger partial charge in [0.25, 0.3) is 0 Å². The number of carbonyl (C=O) groups excluding carboxylic acids is 2. The summed E-state index contributed by atoms with van der Waals surface area (Å²) in [6.07, 6.45) is 7.42. The first-order chi connectivity index (χ1) is 10.2. The summed E-state index contributed by atoms with van der Waals surface area (Å²) >= 11 is 0. The molecule has 1 aromatic heterocycles. The third kappa shape index (κ3) is 2.80. The average molecular weight is 290 g/mol. The zero-order valence-electron chi connectivity index (χ0n) is 12.4. The Morgan fingerprint density at radius 2 is 2.24 bits per heavy atom. The van der Waals surface area contributed by atoms with Gasteiger partial charge in [0.05, 0.1) is 12.1 Å². The van der Waals surface area contributed by atoms with Gasteiger partial charge >= 0.3 is 0 Å². The van der Waals surface area contributed by atoms with Crippen LogP contribution in [0.15, 0.2) is 6.20 Å². The van der Waals surface area contributed by atoms with Crippen LogP contribution in [-0.4, -0.2) is 39.5 Å². The average Bonchev–Trinajstić information content (AvgIpc) is 3.17. The van der Waals surface area contributed by atoms with Gasteiger partial charge in [-0.3, -0.25) is 14.7 Å². The lowest BCUT2D eigenvalue weighted by Crippen LogP contribution is -2.35. The van der Waals surface area contributed by atoms with E-state index in [1.807, 2.05) is 11.8 Å². The number of aryl methyl sites for hydroxylation is 1. The second-order valence-electron chi connectivity index (χ2n) is 6.00. The van der Waals surface area contributed by atoms with Gasteiger partial charge in [-0.25, -0.2) is 0 Å². The molecule has 0 spiro atoms. The van der Waals surface area contributed by atoms with Crippen LogP contribution in [-0.2, 0) is 16.0 Å². The molecule has 1 aliphatic carbocycles. The maximum atomic E-state index is 12.3. The third-order valence-electron chi connectivity index (χ3n) is 4.64. The minimum absolute atomic E-state index is 0.0807. The summed E-state index contributed by atoms with van der Waals surface area (Å²) in [6, 6.07) is 0.355. The molecule has 1 atom stereocenters. The number of nitrogens with one attached hydrogen (secondary N) is 2. The fourth-order valence-corrected chi connectivity index (χ4v) is 3.39. The quantitative estimate of drug-likeness (QED) is 0.886. The Balaban J connectivity index is 1.62. The lowest BCUT2D eigenvalue weighted by atomic mass is 10.1. The molecule has 1 aliphatic heterocycles. The van der Waals surface area contributed by atoms with Crippen LogP contribution in [0, 0.1) is 5.92 Å². The van der Waals surface area contributed by atoms with Gasteiger partial charge in [0.1, 0.15) is 5.82 Å². The highest BCUT2D eigenvalue weighted by Gasteiger charge is 2.38. The van der Waals surface area contributed by atoms with E-state index in [2.05, 4.69) is 15.5 Å². The van der Waals surface area contributed by atoms with Gasteiger partial charge in [0.2, 0.25) is 11.8 Å². The Kier molecular flexibility index (Phi) is 3.94. The van der Waals surface area contributed by atoms with Crippen molar-refractivity contribution in [1.29, 1.82) is 0 Å². The first kappa shape index (κ1) is 14.1. The van der Waals surface area contributed by atoms with Crippen LogP contribution in [0.3, 0.4) is 0 Å². The molecule has 1 aromatic rings. The molecule has 6 nitrogen and oxygen atoms in total. The van der Waals surface area contributed by atoms with E-state index in [4.69, 9.17) is 0 Å². The van der Waals surface area contributed by atoms with Crippen molar-refractivity contribution in [3.8, 4) is 0 Å². The fraction of sp³-hybridized carbons (Fsp3) is 0.667. The molecular weight excluding hydrogens is 268 g/mol. The highest BCUT2D eigenvalue weighted by atomic mass is 16.2. The number of amides is 2. The lowest BCUT2D eigenvalue weighted by molar-refractivity contribution is -0.129. The van der Waals surface area contributed by atoms with E-state index in [0.29, 0.717) is 24.8 Å². The maximum absolute atomic E-state index is 12.3. The molecule has 21 heavy (non-hydrogen) atoms. The molecule has 0 radical (unpaired) electrons. The smallest absolute Gasteiger partial charge is 0.230 e. The van der Waals surface area contributed by atoms with Crippen molar-refractivity contribution in [2.24, 2.45) is 5.92 Å². The number of aromatic nitrogens is 2. The van der Waals surface area contributed by atoms with Crippen molar-refractivity contribution in [2.75, 3.05) is 11.9 Å². The second kappa shape index (κ2) is 5.87. The van der Waals surface area contributed by atoms with Gasteiger partial charge in [0, 0.05) is 24.6 Å². The van der Waals surface area contributed by atoms with E-state index in [1.54, 1.807) is 6.20 Å². The zero-order chi connectivity index (χ0) is 14.8. The van der Waals surface area contributed by atoms with Crippen LogP contribution in [0.5, 0.6) is 0 Å². The molecular formula is C15H22N4O2. The monoisotopic (exact) mass is 290 g/mol. The molecule has 1 unspecified atom stereocenters. The normalized spacial score (nSPS) is 23.0. The van der Waals surface area contributed by atoms with Gasteiger partial charge in [0.15, 0.2) is 0 Å². The van der Waals surface area contributed by atoms with Crippen molar-refractivity contribution < 1.29 is 9.59 Å². The summed E-state index contributed by atoms with van der Waals surface area (Å²) in [5, 5.41) is 9.64. The Morgan fingerprint density at radius 3 is 2.95 bits per heavy atom. The van der Waals surface area contributed by atoms with Crippen LogP contribution < -0.4 is 5.32 Å². The summed E-state index contributed by atoms with van der Waals surface area (Å²) in [7, 11) is 0. The standard InChI is InChI=1S/C15H22N4O2/c1-2-10-8-16-18-14(10)17-15(21)11-7-13(20)19(9-11)12-5-3-4-6-12/h8,11-12H,2-7,9H2,1H3,(H2,16,17,18,21). The number of nitrogens with zero attached hydrogens (tertiary/aromatic N) is 2. The molecule has 0 aromatic carbocycles. The molecule has 3 rings (SSSR count). The Hall–Kier alpha value is -1.85. The van der Waals surface area contributed by atoms with Gasteiger partial charge < -0.3 is 10.2 Å². The van der Waals surface area contributed by atoms with Crippen molar-refractivity contribution in [3.05, 3.63) is 11.8 Å². The minimum atomic E-state index is -0.244. The number of rotatable bonds is 4. The lowest BCUT2D eigenvalue weighted by Gasteiger charge is -2.23. The molecule has 114 valence electrons. The van der Waals surface area contributed by atoms with E-state index < -0.39 is 0 Å². The van der Waals surface area contributed by atoms with Crippen LogP contribution in [0.4, 0.5) is 5.82 Å². The number of likely N-dealkylation sites (tertiary alicyclic amines) is 1. The molecule has 2 N–H and O–H groups in total. The largest absolute Gasteiger partial charge is 0.339 e. The summed E-state index contributed by atoms with van der Waals surface area (Å²) in [5.41, 5.74) is 0.986. The number of H-pyrrole nitrogens is 1. The first-order valence-electron chi connectivity index (χ1n) is 7.81. The molecule has 2 fully saturated rings. The van der Waals surface area contributed by atoms with Gasteiger partial charge in [-0.1, -0.05) is 19.8 Å². The first-order valence-corrected chi connectivity index (χ1v) is 7.81. The van der Waals surface area contributed by atoms with E-state index in [9.17, 15) is 9.59 Å². The molecule has 2 aliphatic rings. The highest BCUT2D eigenvalue weighted by Crippen LogP contribution is 2.30. The number of hydrogen-bond acceptors (Lipinski definition) is 3. The maximum Gasteiger partial charge on any atom is 0.230 e. The van der Waals surface area contributed by atoms with Gasteiger partial charge in [-0.05, 0) is 19.3 Å². The summed E-state index contributed by atoms with van der Waals surface area (Å²) in [5.74, 6) is 0.463. The predicted octanol–water partition coefficient (Wildman–Crippen LogP) is 1.70. The number of aromatic amines is 1. The summed E-state index contributed by atoms with van der Waals surface area (Å²) < 4.78 is 0. The van der Waals surface area contributed by atoms with Gasteiger partial charge in [-0.2, -0.15) is 5.10 Å². The molecule has 6 heteroatoms. The number of anilines is 1. The molecule has 2 heterocycles. The van der Waals surface area contributed by atoms with Crippen molar-refractivity contribution in [1.82, 2.24) is 15.1 Å². The van der Waals surface area contributed by atoms with Crippen molar-refractivity contribution >= 4 is 17.6 Å². The van der Waals surface area contributed by atoms with Crippen LogP contribution in [0.2, 0.25) is 0 Å². The Bertz CT molecular complexity index is 534. The highest BCUT2D eigenvalue weighted by molar-refractivity contribution is 5.97. The number of hydrogen-bond donors (Lipinski definition) is 2. The van der Waals surface area contributed by atoms with Crippen LogP contribution >= 0.6 is 0 Å². The minimum Gasteiger partial charge on any atom is -0.339 e. The Labute approximate surface area is 124 Å². The topological polar surface area (TPSA) is 78.1 Å². The van der Waals surface area contributed by atoms with E-state index in [0.717, 1.165) is 24.8 Å². The van der Waals surface area contributed by atoms with Crippen LogP contribution in [0.1, 0.15) is 44.6 Å². The SMILES string of the molecule is CCc1cn[nH]c1NC(=O)C1CC(=O)N(C2CCCC2)C1. The third-order valence-corrected chi connectivity index (χ3v) is 4.64. The fourth-order valence-electron chi connectivity index (χ4n) is 3.39. The molecule has 2 amide bonds. The van der Waals surface area contributed by atoms with Crippen LogP contribution in [0.25, 0.3) is 0 Å². The molecule has 0 bridgehead atoms. The van der Waals surface area contributed by atoms with Gasteiger partial charge in [-0.15, -0.1) is 0 Å². The Morgan fingerprint density at radius 1 is 1.48 bits per heavy atom. The van der Waals surface area contributed by atoms with Crippen molar-refractivity contribution in [3.63, 3.8) is 0 Å². The van der Waals surface area contributed by atoms with Crippen molar-refractivity contribution in [2.45, 2.75) is 51.5 Å². The summed E-state index contributed by atoms with van der Waals surface area (Å²) in [4.78, 5) is 26.4.